The van der Waals surface area contributed by atoms with Crippen LogP contribution >= 0.6 is 0 Å². The molecule has 1 aliphatic rings. The maximum Gasteiger partial charge on any atom is 0.236 e. The van der Waals surface area contributed by atoms with Crippen LogP contribution in [-0.2, 0) is 11.2 Å². The number of ether oxygens (including phenoxy) is 1. The van der Waals surface area contributed by atoms with Crippen molar-refractivity contribution < 1.29 is 9.53 Å². The number of methoxy groups -OCH3 is 1. The number of hydrogen-bond donors (Lipinski definition) is 0. The predicted octanol–water partition coefficient (Wildman–Crippen LogP) is 1.91. The Bertz CT molecular complexity index is 713. The first-order chi connectivity index (χ1) is 13.2. The molecule has 1 aromatic carbocycles. The number of nitrogens with zero attached hydrogens (tertiary/aromatic N) is 4. The molecule has 0 N–H and O–H groups in total. The predicted molar refractivity (Wildman–Crippen MR) is 107 cm³/mol. The van der Waals surface area contributed by atoms with Gasteiger partial charge in [0.1, 0.15) is 5.75 Å². The van der Waals surface area contributed by atoms with Crippen molar-refractivity contribution in [1.82, 2.24) is 14.8 Å². The summed E-state index contributed by atoms with van der Waals surface area (Å²) < 4.78 is 5.21. The van der Waals surface area contributed by atoms with Crippen molar-refractivity contribution in [3.8, 4) is 5.75 Å². The van der Waals surface area contributed by atoms with Gasteiger partial charge in [-0.25, -0.2) is 0 Å². The average molecular weight is 368 g/mol. The van der Waals surface area contributed by atoms with Crippen LogP contribution in [0.15, 0.2) is 48.8 Å². The van der Waals surface area contributed by atoms with E-state index >= 15 is 0 Å². The van der Waals surface area contributed by atoms with Crippen molar-refractivity contribution >= 4 is 11.6 Å². The van der Waals surface area contributed by atoms with Gasteiger partial charge < -0.3 is 14.5 Å². The third-order valence-corrected chi connectivity index (χ3v) is 5.01. The Labute approximate surface area is 161 Å². The third kappa shape index (κ3) is 5.44. The van der Waals surface area contributed by atoms with Crippen molar-refractivity contribution in [2.75, 3.05) is 58.3 Å². The second kappa shape index (κ2) is 9.37. The lowest BCUT2D eigenvalue weighted by molar-refractivity contribution is -0.132. The van der Waals surface area contributed by atoms with E-state index < -0.39 is 0 Å². The lowest BCUT2D eigenvalue weighted by Crippen LogP contribution is -2.51. The van der Waals surface area contributed by atoms with Crippen molar-refractivity contribution in [2.24, 2.45) is 0 Å². The fourth-order valence-electron chi connectivity index (χ4n) is 3.29. The molecular formula is C21H28N4O2. The summed E-state index contributed by atoms with van der Waals surface area (Å²) in [7, 11) is 3.68. The highest BCUT2D eigenvalue weighted by molar-refractivity contribution is 5.78. The number of piperazine rings is 1. The molecule has 0 aliphatic carbocycles. The van der Waals surface area contributed by atoms with E-state index in [-0.39, 0.29) is 5.91 Å². The molecule has 1 aromatic heterocycles. The van der Waals surface area contributed by atoms with Gasteiger partial charge in [0.25, 0.3) is 0 Å². The number of pyridine rings is 1. The molecular weight excluding hydrogens is 340 g/mol. The van der Waals surface area contributed by atoms with Crippen molar-refractivity contribution in [3.63, 3.8) is 0 Å². The Hall–Kier alpha value is -2.60. The second-order valence-electron chi connectivity index (χ2n) is 6.91. The molecule has 3 rings (SSSR count). The summed E-state index contributed by atoms with van der Waals surface area (Å²) >= 11 is 0. The van der Waals surface area contributed by atoms with Gasteiger partial charge in [0.05, 0.1) is 13.7 Å². The molecule has 0 saturated carbocycles. The van der Waals surface area contributed by atoms with Crippen LogP contribution in [-0.4, -0.2) is 74.1 Å². The van der Waals surface area contributed by atoms with E-state index in [9.17, 15) is 4.79 Å². The molecule has 1 aliphatic heterocycles. The number of carbonyl (C=O) groups is 1. The number of hydrogen-bond acceptors (Lipinski definition) is 5. The van der Waals surface area contributed by atoms with Crippen LogP contribution < -0.4 is 9.64 Å². The fraction of sp³-hybridized carbons (Fsp3) is 0.429. The smallest absolute Gasteiger partial charge is 0.236 e. The monoisotopic (exact) mass is 368 g/mol. The van der Waals surface area contributed by atoms with E-state index in [1.54, 1.807) is 7.11 Å². The number of carbonyl (C=O) groups excluding carboxylic acids is 1. The van der Waals surface area contributed by atoms with Gasteiger partial charge >= 0.3 is 0 Å². The summed E-state index contributed by atoms with van der Waals surface area (Å²) in [5, 5.41) is 0. The normalized spacial score (nSPS) is 14.5. The maximum absolute atomic E-state index is 12.6. The molecule has 1 amide bonds. The highest BCUT2D eigenvalue weighted by Gasteiger charge is 2.22. The molecule has 144 valence electrons. The molecule has 1 fully saturated rings. The Kier molecular flexibility index (Phi) is 6.65. The van der Waals surface area contributed by atoms with Crippen LogP contribution in [0.1, 0.15) is 5.56 Å². The number of amides is 1. The first-order valence-electron chi connectivity index (χ1n) is 9.40. The van der Waals surface area contributed by atoms with E-state index in [0.29, 0.717) is 6.54 Å². The van der Waals surface area contributed by atoms with Crippen molar-refractivity contribution in [1.29, 1.82) is 0 Å². The van der Waals surface area contributed by atoms with Crippen LogP contribution in [0.3, 0.4) is 0 Å². The zero-order valence-corrected chi connectivity index (χ0v) is 16.2. The maximum atomic E-state index is 12.6. The summed E-state index contributed by atoms with van der Waals surface area (Å²) in [6, 6.07) is 12.1. The van der Waals surface area contributed by atoms with Gasteiger partial charge in [0.15, 0.2) is 0 Å². The van der Waals surface area contributed by atoms with E-state index in [4.69, 9.17) is 4.74 Å². The molecule has 2 aromatic rings. The van der Waals surface area contributed by atoms with Gasteiger partial charge in [-0.1, -0.05) is 0 Å². The average Bonchev–Trinajstić information content (AvgIpc) is 2.73. The van der Waals surface area contributed by atoms with Crippen molar-refractivity contribution in [2.45, 2.75) is 6.42 Å². The Balaban J connectivity index is 1.42. The van der Waals surface area contributed by atoms with Crippen LogP contribution in [0.25, 0.3) is 0 Å². The summed E-state index contributed by atoms with van der Waals surface area (Å²) in [5.74, 6) is 1.07. The minimum Gasteiger partial charge on any atom is -0.497 e. The first kappa shape index (κ1) is 19.2. The lowest BCUT2D eigenvalue weighted by Gasteiger charge is -2.36. The minimum absolute atomic E-state index is 0.210. The summed E-state index contributed by atoms with van der Waals surface area (Å²) in [5.41, 5.74) is 2.43. The Morgan fingerprint density at radius 1 is 1.07 bits per heavy atom. The van der Waals surface area contributed by atoms with Gasteiger partial charge in [-0.15, -0.1) is 0 Å². The highest BCUT2D eigenvalue weighted by Crippen LogP contribution is 2.20. The van der Waals surface area contributed by atoms with Gasteiger partial charge in [-0.3, -0.25) is 14.7 Å². The standard InChI is InChI=1S/C21H28N4O2/c1-23(12-9-18-7-10-22-11-8-18)17-21(26)25-15-13-24(14-16-25)19-3-5-20(27-2)6-4-19/h3-8,10-11H,9,12-17H2,1-2H3. The third-order valence-electron chi connectivity index (χ3n) is 5.01. The SMILES string of the molecule is COc1ccc(N2CCN(C(=O)CN(C)CCc3ccncc3)CC2)cc1. The zero-order chi connectivity index (χ0) is 19.1. The molecule has 2 heterocycles. The van der Waals surface area contributed by atoms with Crippen LogP contribution in [0.5, 0.6) is 5.75 Å². The molecule has 6 nitrogen and oxygen atoms in total. The molecule has 6 heteroatoms. The Morgan fingerprint density at radius 2 is 1.74 bits per heavy atom. The van der Waals surface area contributed by atoms with Crippen LogP contribution in [0.4, 0.5) is 5.69 Å². The lowest BCUT2D eigenvalue weighted by atomic mass is 10.2. The van der Waals surface area contributed by atoms with E-state index in [1.807, 2.05) is 48.6 Å². The van der Waals surface area contributed by atoms with Gasteiger partial charge in [-0.2, -0.15) is 0 Å². The number of aromatic nitrogens is 1. The van der Waals surface area contributed by atoms with Crippen LogP contribution in [0, 0.1) is 0 Å². The topological polar surface area (TPSA) is 48.9 Å². The van der Waals surface area contributed by atoms with Gasteiger partial charge in [0, 0.05) is 50.8 Å². The number of anilines is 1. The molecule has 0 radical (unpaired) electrons. The first-order valence-corrected chi connectivity index (χ1v) is 9.40. The quantitative estimate of drug-likeness (QED) is 0.747. The molecule has 0 spiro atoms. The largest absolute Gasteiger partial charge is 0.497 e. The summed E-state index contributed by atoms with van der Waals surface area (Å²) in [4.78, 5) is 23.0. The zero-order valence-electron chi connectivity index (χ0n) is 16.2. The van der Waals surface area contributed by atoms with Gasteiger partial charge in [0.2, 0.25) is 5.91 Å². The summed E-state index contributed by atoms with van der Waals surface area (Å²) in [6.45, 7) is 4.58. The number of rotatable bonds is 7. The molecule has 0 atom stereocenters. The Morgan fingerprint density at radius 3 is 2.37 bits per heavy atom. The molecule has 27 heavy (non-hydrogen) atoms. The minimum atomic E-state index is 0.210. The highest BCUT2D eigenvalue weighted by atomic mass is 16.5. The number of likely N-dealkylation sites (N-methyl/N-ethyl adjacent to an activating group) is 1. The van der Waals surface area contributed by atoms with Crippen LogP contribution in [0.2, 0.25) is 0 Å². The second-order valence-corrected chi connectivity index (χ2v) is 6.91. The van der Waals surface area contributed by atoms with E-state index in [0.717, 1.165) is 44.9 Å². The number of benzene rings is 1. The van der Waals surface area contributed by atoms with E-state index in [1.165, 1.54) is 11.3 Å². The van der Waals surface area contributed by atoms with Gasteiger partial charge in [-0.05, 0) is 55.4 Å². The molecule has 0 bridgehead atoms. The van der Waals surface area contributed by atoms with Crippen molar-refractivity contribution in [3.05, 3.63) is 54.4 Å². The van der Waals surface area contributed by atoms with E-state index in [2.05, 4.69) is 26.9 Å². The summed E-state index contributed by atoms with van der Waals surface area (Å²) in [6.07, 6.45) is 4.54. The fourth-order valence-corrected chi connectivity index (χ4v) is 3.29. The molecule has 0 unspecified atom stereocenters. The molecule has 1 saturated heterocycles.